The molecule has 1 unspecified atom stereocenters. The fourth-order valence-corrected chi connectivity index (χ4v) is 5.77. The van der Waals surface area contributed by atoms with Gasteiger partial charge in [0.1, 0.15) is 17.6 Å². The van der Waals surface area contributed by atoms with Crippen LogP contribution >= 0.6 is 0 Å². The molecule has 2 fully saturated rings. The van der Waals surface area contributed by atoms with Crippen LogP contribution in [0.3, 0.4) is 0 Å². The minimum atomic E-state index is -1.24. The first-order valence-electron chi connectivity index (χ1n) is 11.8. The smallest absolute Gasteiger partial charge is 0.313 e. The molecule has 1 spiro atoms. The molecule has 8 heteroatoms. The van der Waals surface area contributed by atoms with Gasteiger partial charge in [-0.1, -0.05) is 44.1 Å². The monoisotopic (exact) mass is 446 g/mol. The van der Waals surface area contributed by atoms with Crippen LogP contribution in [-0.2, 0) is 23.9 Å². The molecule has 4 heterocycles. The molecular formula is C24H34N2O6. The van der Waals surface area contributed by atoms with Crippen LogP contribution in [0.25, 0.3) is 0 Å². The summed E-state index contributed by atoms with van der Waals surface area (Å²) in [7, 11) is 0. The van der Waals surface area contributed by atoms with E-state index in [0.717, 1.165) is 19.3 Å². The van der Waals surface area contributed by atoms with Gasteiger partial charge < -0.3 is 24.4 Å². The number of amides is 2. The molecule has 0 saturated carbocycles. The van der Waals surface area contributed by atoms with Crippen molar-refractivity contribution in [1.29, 1.82) is 0 Å². The maximum Gasteiger partial charge on any atom is 0.313 e. The molecule has 0 aromatic rings. The quantitative estimate of drug-likeness (QED) is 0.361. The number of carbonyl (C=O) groups is 3. The van der Waals surface area contributed by atoms with Gasteiger partial charge in [-0.05, 0) is 26.2 Å². The van der Waals surface area contributed by atoms with Crippen LogP contribution in [-0.4, -0.2) is 82.8 Å². The predicted molar refractivity (Wildman–Crippen MR) is 116 cm³/mol. The molecule has 4 aliphatic rings. The SMILES string of the molecule is CCCCCN1CC=C[C@]23O[C@]4(C)C=CCCOC(=O)[C@@H]4[C@H]2C(=O)N(CCCO)C3C1=O. The highest BCUT2D eigenvalue weighted by Crippen LogP contribution is 2.57. The first-order valence-corrected chi connectivity index (χ1v) is 11.8. The lowest BCUT2D eigenvalue weighted by Gasteiger charge is -2.37. The summed E-state index contributed by atoms with van der Waals surface area (Å²) in [5, 5.41) is 9.40. The van der Waals surface area contributed by atoms with Crippen molar-refractivity contribution < 1.29 is 29.0 Å². The molecule has 0 bridgehead atoms. The summed E-state index contributed by atoms with van der Waals surface area (Å²) in [5.74, 6) is -2.58. The van der Waals surface area contributed by atoms with E-state index in [1.54, 1.807) is 11.8 Å². The third-order valence-corrected chi connectivity index (χ3v) is 7.19. The number of nitrogens with zero attached hydrogens (tertiary/aromatic N) is 2. The van der Waals surface area contributed by atoms with Crippen LogP contribution in [0.1, 0.15) is 46.0 Å². The zero-order valence-corrected chi connectivity index (χ0v) is 19.0. The Kier molecular flexibility index (Phi) is 6.45. The van der Waals surface area contributed by atoms with E-state index >= 15 is 0 Å². The number of ether oxygens (including phenoxy) is 2. The number of hydrogen-bond acceptors (Lipinski definition) is 6. The van der Waals surface area contributed by atoms with Gasteiger partial charge in [0, 0.05) is 26.2 Å². The molecule has 4 aliphatic heterocycles. The Morgan fingerprint density at radius 2 is 1.88 bits per heavy atom. The van der Waals surface area contributed by atoms with Gasteiger partial charge in [0.15, 0.2) is 0 Å². The van der Waals surface area contributed by atoms with E-state index in [-0.39, 0.29) is 31.6 Å². The summed E-state index contributed by atoms with van der Waals surface area (Å²) in [6.07, 6.45) is 11.4. The minimum Gasteiger partial charge on any atom is -0.465 e. The van der Waals surface area contributed by atoms with Crippen molar-refractivity contribution in [2.24, 2.45) is 11.8 Å². The van der Waals surface area contributed by atoms with Crippen molar-refractivity contribution in [2.45, 2.75) is 63.2 Å². The molecule has 2 amide bonds. The number of esters is 1. The van der Waals surface area contributed by atoms with Crippen molar-refractivity contribution in [3.63, 3.8) is 0 Å². The van der Waals surface area contributed by atoms with Crippen LogP contribution in [0.15, 0.2) is 24.3 Å². The standard InChI is InChI=1S/C24H34N2O6/c1-3-4-6-12-25-13-8-11-24-17(20(28)26(14-9-15-27)19(24)21(25)29)18-22(30)31-16-7-5-10-23(18,2)32-24/h5,8,10-11,17-19,27H,3-4,6-7,9,12-16H2,1-2H3/t17-,18-,19?,23+,24-/m0/s1. The Morgan fingerprint density at radius 3 is 2.62 bits per heavy atom. The number of unbranched alkanes of at least 4 members (excludes halogenated alkanes) is 2. The lowest BCUT2D eigenvalue weighted by molar-refractivity contribution is -0.160. The van der Waals surface area contributed by atoms with Crippen molar-refractivity contribution in [1.82, 2.24) is 9.80 Å². The first-order chi connectivity index (χ1) is 15.4. The van der Waals surface area contributed by atoms with Gasteiger partial charge in [-0.2, -0.15) is 0 Å². The van der Waals surface area contributed by atoms with Crippen LogP contribution in [0, 0.1) is 11.8 Å². The number of rotatable bonds is 7. The average Bonchev–Trinajstić information content (AvgIpc) is 3.07. The third kappa shape index (κ3) is 3.57. The van der Waals surface area contributed by atoms with E-state index in [1.807, 2.05) is 24.3 Å². The second kappa shape index (κ2) is 8.98. The maximum atomic E-state index is 13.8. The summed E-state index contributed by atoms with van der Waals surface area (Å²) in [5.41, 5.74) is -2.28. The first kappa shape index (κ1) is 23.0. The number of likely N-dealkylation sites (tertiary alicyclic amines) is 1. The molecule has 0 radical (unpaired) electrons. The Labute approximate surface area is 189 Å². The molecular weight excluding hydrogens is 412 g/mol. The lowest BCUT2D eigenvalue weighted by atomic mass is 9.74. The second-order valence-electron chi connectivity index (χ2n) is 9.36. The predicted octanol–water partition coefficient (Wildman–Crippen LogP) is 1.43. The Morgan fingerprint density at radius 1 is 1.06 bits per heavy atom. The fourth-order valence-electron chi connectivity index (χ4n) is 5.77. The van der Waals surface area contributed by atoms with E-state index in [4.69, 9.17) is 9.47 Å². The average molecular weight is 447 g/mol. The zero-order valence-electron chi connectivity index (χ0n) is 19.0. The highest BCUT2D eigenvalue weighted by molar-refractivity contribution is 5.99. The molecule has 32 heavy (non-hydrogen) atoms. The van der Waals surface area contributed by atoms with Crippen molar-refractivity contribution in [2.75, 3.05) is 32.8 Å². The fraction of sp³-hybridized carbons (Fsp3) is 0.708. The lowest BCUT2D eigenvalue weighted by Crippen LogP contribution is -2.56. The van der Waals surface area contributed by atoms with Crippen LogP contribution in [0.4, 0.5) is 0 Å². The number of cyclic esters (lactones) is 1. The summed E-state index contributed by atoms with van der Waals surface area (Å²) < 4.78 is 12.1. The molecule has 1 N–H and O–H groups in total. The molecule has 5 atom stereocenters. The Balaban J connectivity index is 1.78. The van der Waals surface area contributed by atoms with Crippen LogP contribution in [0.5, 0.6) is 0 Å². The summed E-state index contributed by atoms with van der Waals surface area (Å²) in [6.45, 7) is 5.37. The van der Waals surface area contributed by atoms with Gasteiger partial charge in [-0.25, -0.2) is 0 Å². The van der Waals surface area contributed by atoms with E-state index in [1.165, 1.54) is 4.90 Å². The zero-order chi connectivity index (χ0) is 22.9. The Hall–Kier alpha value is -2.19. The van der Waals surface area contributed by atoms with Gasteiger partial charge in [0.2, 0.25) is 11.8 Å². The molecule has 0 aromatic carbocycles. The number of aliphatic hydroxyl groups excluding tert-OH is 1. The van der Waals surface area contributed by atoms with Crippen LogP contribution in [0.2, 0.25) is 0 Å². The van der Waals surface area contributed by atoms with Gasteiger partial charge in [-0.15, -0.1) is 0 Å². The van der Waals surface area contributed by atoms with Crippen molar-refractivity contribution >= 4 is 17.8 Å². The number of carbonyl (C=O) groups excluding carboxylic acids is 3. The van der Waals surface area contributed by atoms with E-state index < -0.39 is 35.0 Å². The topological polar surface area (TPSA) is 96.4 Å². The highest BCUT2D eigenvalue weighted by Gasteiger charge is 2.74. The van der Waals surface area contributed by atoms with E-state index in [2.05, 4.69) is 6.92 Å². The normalized spacial score (nSPS) is 36.3. The molecule has 0 aromatic heterocycles. The molecule has 2 saturated heterocycles. The largest absolute Gasteiger partial charge is 0.465 e. The molecule has 176 valence electrons. The number of fused-ring (bicyclic) bond motifs is 2. The van der Waals surface area contributed by atoms with E-state index in [9.17, 15) is 19.5 Å². The van der Waals surface area contributed by atoms with Crippen LogP contribution < -0.4 is 0 Å². The van der Waals surface area contributed by atoms with Gasteiger partial charge in [0.05, 0.1) is 18.1 Å². The molecule has 8 nitrogen and oxygen atoms in total. The summed E-state index contributed by atoms with van der Waals surface area (Å²) in [6, 6.07) is -0.863. The van der Waals surface area contributed by atoms with Gasteiger partial charge in [0.25, 0.3) is 0 Å². The van der Waals surface area contributed by atoms with Gasteiger partial charge >= 0.3 is 5.97 Å². The number of aliphatic hydroxyl groups is 1. The van der Waals surface area contributed by atoms with E-state index in [0.29, 0.717) is 25.9 Å². The number of hydrogen-bond donors (Lipinski definition) is 1. The molecule has 4 rings (SSSR count). The summed E-state index contributed by atoms with van der Waals surface area (Å²) in [4.78, 5) is 44.0. The summed E-state index contributed by atoms with van der Waals surface area (Å²) >= 11 is 0. The van der Waals surface area contributed by atoms with Crippen molar-refractivity contribution in [3.05, 3.63) is 24.3 Å². The van der Waals surface area contributed by atoms with Crippen molar-refractivity contribution in [3.8, 4) is 0 Å². The van der Waals surface area contributed by atoms with Gasteiger partial charge in [-0.3, -0.25) is 14.4 Å². The Bertz CT molecular complexity index is 825. The maximum absolute atomic E-state index is 13.8. The highest BCUT2D eigenvalue weighted by atomic mass is 16.6. The molecule has 0 aliphatic carbocycles. The second-order valence-corrected chi connectivity index (χ2v) is 9.36. The third-order valence-electron chi connectivity index (χ3n) is 7.19. The minimum absolute atomic E-state index is 0.0921.